The van der Waals surface area contributed by atoms with Gasteiger partial charge in [0.1, 0.15) is 6.20 Å². The predicted molar refractivity (Wildman–Crippen MR) is 85.7 cm³/mol. The molecular weight excluding hydrogens is 379 g/mol. The molecule has 0 fully saturated rings. The van der Waals surface area contributed by atoms with Crippen LogP contribution in [-0.4, -0.2) is 31.5 Å². The lowest BCUT2D eigenvalue weighted by Gasteiger charge is -2.13. The number of para-hydroxylation sites is 1. The standard InChI is InChI=1S/C13H8F3N5O2S2/c14-13(15,16)7-3-1-2-4-8(7)18-9(22)6-24-12-20-21-10(23)5-17-19-11(21)25-12/h1-5H,6H2,(H,18,22). The van der Waals surface area contributed by atoms with Gasteiger partial charge in [-0.3, -0.25) is 9.59 Å². The van der Waals surface area contributed by atoms with Gasteiger partial charge < -0.3 is 5.32 Å². The molecule has 0 radical (unpaired) electrons. The van der Waals surface area contributed by atoms with Gasteiger partial charge in [0.15, 0.2) is 4.34 Å². The van der Waals surface area contributed by atoms with E-state index in [4.69, 9.17) is 0 Å². The highest BCUT2D eigenvalue weighted by atomic mass is 32.2. The van der Waals surface area contributed by atoms with Crippen molar-refractivity contribution in [2.75, 3.05) is 11.1 Å². The number of aromatic nitrogens is 4. The monoisotopic (exact) mass is 387 g/mol. The Morgan fingerprint density at radius 1 is 1.32 bits per heavy atom. The van der Waals surface area contributed by atoms with Crippen molar-refractivity contribution in [3.8, 4) is 0 Å². The normalized spacial score (nSPS) is 11.6. The number of alkyl halides is 3. The molecule has 0 bridgehead atoms. The van der Waals surface area contributed by atoms with Gasteiger partial charge in [0.25, 0.3) is 5.56 Å². The molecule has 25 heavy (non-hydrogen) atoms. The number of nitrogens with zero attached hydrogens (tertiary/aromatic N) is 4. The highest BCUT2D eigenvalue weighted by Crippen LogP contribution is 2.34. The number of fused-ring (bicyclic) bond motifs is 1. The minimum absolute atomic E-state index is 0.172. The second kappa shape index (κ2) is 6.80. The minimum atomic E-state index is -4.57. The van der Waals surface area contributed by atoms with Crippen LogP contribution in [-0.2, 0) is 11.0 Å². The molecule has 1 aromatic carbocycles. The molecular formula is C13H8F3N5O2S2. The fraction of sp³-hybridized carbons (Fsp3) is 0.154. The smallest absolute Gasteiger partial charge is 0.325 e. The van der Waals surface area contributed by atoms with Crippen LogP contribution in [0.3, 0.4) is 0 Å². The zero-order valence-corrected chi connectivity index (χ0v) is 13.8. The lowest BCUT2D eigenvalue weighted by Crippen LogP contribution is -2.18. The molecule has 1 N–H and O–H groups in total. The highest BCUT2D eigenvalue weighted by Gasteiger charge is 2.33. The van der Waals surface area contributed by atoms with Gasteiger partial charge in [0, 0.05) is 0 Å². The van der Waals surface area contributed by atoms with E-state index in [0.717, 1.165) is 39.9 Å². The van der Waals surface area contributed by atoms with Crippen LogP contribution in [0.4, 0.5) is 18.9 Å². The van der Waals surface area contributed by atoms with Crippen LogP contribution in [0.25, 0.3) is 4.96 Å². The Labute approximate surface area is 145 Å². The molecule has 3 aromatic rings. The van der Waals surface area contributed by atoms with Crippen molar-refractivity contribution in [1.29, 1.82) is 0 Å². The van der Waals surface area contributed by atoms with Gasteiger partial charge in [-0.25, -0.2) is 0 Å². The van der Waals surface area contributed by atoms with Crippen LogP contribution in [0.1, 0.15) is 5.56 Å². The summed E-state index contributed by atoms with van der Waals surface area (Å²) < 4.78 is 40.1. The summed E-state index contributed by atoms with van der Waals surface area (Å²) in [6.07, 6.45) is -3.56. The van der Waals surface area contributed by atoms with E-state index in [0.29, 0.717) is 4.34 Å². The molecule has 0 saturated heterocycles. The molecule has 0 aliphatic rings. The molecule has 12 heteroatoms. The van der Waals surface area contributed by atoms with Crippen molar-refractivity contribution >= 4 is 39.7 Å². The van der Waals surface area contributed by atoms with Crippen molar-refractivity contribution in [3.05, 3.63) is 46.4 Å². The molecule has 1 amide bonds. The number of hydrogen-bond acceptors (Lipinski definition) is 7. The van der Waals surface area contributed by atoms with E-state index in [9.17, 15) is 22.8 Å². The Hall–Kier alpha value is -2.47. The predicted octanol–water partition coefficient (Wildman–Crippen LogP) is 2.30. The summed E-state index contributed by atoms with van der Waals surface area (Å²) in [5, 5.41) is 13.4. The molecule has 7 nitrogen and oxygen atoms in total. The molecule has 0 aliphatic heterocycles. The molecule has 0 aliphatic carbocycles. The fourth-order valence-corrected chi connectivity index (χ4v) is 3.55. The number of halogens is 3. The maximum atomic E-state index is 12.9. The lowest BCUT2D eigenvalue weighted by molar-refractivity contribution is -0.137. The molecule has 0 spiro atoms. The number of rotatable bonds is 4. The summed E-state index contributed by atoms with van der Waals surface area (Å²) in [5.74, 6) is -0.798. The van der Waals surface area contributed by atoms with E-state index in [1.165, 1.54) is 18.2 Å². The highest BCUT2D eigenvalue weighted by molar-refractivity contribution is 8.01. The van der Waals surface area contributed by atoms with Crippen LogP contribution in [0.2, 0.25) is 0 Å². The molecule has 2 aromatic heterocycles. The van der Waals surface area contributed by atoms with Gasteiger partial charge in [-0.2, -0.15) is 22.8 Å². The van der Waals surface area contributed by atoms with Gasteiger partial charge in [-0.15, -0.1) is 10.2 Å². The topological polar surface area (TPSA) is 89.3 Å². The summed E-state index contributed by atoms with van der Waals surface area (Å²) in [6, 6.07) is 4.71. The third-order valence-corrected chi connectivity index (χ3v) is 4.93. The number of carbonyl (C=O) groups is 1. The Kier molecular flexibility index (Phi) is 4.72. The van der Waals surface area contributed by atoms with Crippen LogP contribution in [0.15, 0.2) is 39.6 Å². The first-order valence-corrected chi connectivity index (χ1v) is 8.45. The van der Waals surface area contributed by atoms with Crippen LogP contribution < -0.4 is 10.9 Å². The second-order valence-corrected chi connectivity index (χ2v) is 6.80. The Balaban J connectivity index is 1.69. The Morgan fingerprint density at radius 2 is 2.08 bits per heavy atom. The Morgan fingerprint density at radius 3 is 2.80 bits per heavy atom. The van der Waals surface area contributed by atoms with Crippen molar-refractivity contribution in [3.63, 3.8) is 0 Å². The molecule has 0 saturated carbocycles. The van der Waals surface area contributed by atoms with Crippen molar-refractivity contribution in [2.24, 2.45) is 0 Å². The zero-order chi connectivity index (χ0) is 18.0. The third-order valence-electron chi connectivity index (χ3n) is 2.89. The summed E-state index contributed by atoms with van der Waals surface area (Å²) in [5.41, 5.74) is -1.70. The number of carbonyl (C=O) groups excluding carboxylic acids is 1. The van der Waals surface area contributed by atoms with Crippen LogP contribution in [0, 0.1) is 0 Å². The molecule has 0 atom stereocenters. The first-order valence-electron chi connectivity index (χ1n) is 6.65. The fourth-order valence-electron chi connectivity index (χ4n) is 1.87. The SMILES string of the molecule is O=C(CSc1nn2c(=O)cnnc2s1)Nc1ccccc1C(F)(F)F. The number of nitrogens with one attached hydrogen (secondary N) is 1. The van der Waals surface area contributed by atoms with E-state index in [1.54, 1.807) is 0 Å². The quantitative estimate of drug-likeness (QED) is 0.691. The van der Waals surface area contributed by atoms with Crippen LogP contribution >= 0.6 is 23.1 Å². The van der Waals surface area contributed by atoms with Gasteiger partial charge in [0.05, 0.1) is 17.0 Å². The minimum Gasteiger partial charge on any atom is -0.325 e. The largest absolute Gasteiger partial charge is 0.418 e. The summed E-state index contributed by atoms with van der Waals surface area (Å²) in [7, 11) is 0. The Bertz CT molecular complexity index is 985. The van der Waals surface area contributed by atoms with E-state index < -0.39 is 23.2 Å². The van der Waals surface area contributed by atoms with Crippen molar-refractivity contribution in [1.82, 2.24) is 19.8 Å². The maximum Gasteiger partial charge on any atom is 0.418 e. The van der Waals surface area contributed by atoms with Gasteiger partial charge in [-0.05, 0) is 12.1 Å². The molecule has 130 valence electrons. The number of amides is 1. The van der Waals surface area contributed by atoms with Gasteiger partial charge >= 0.3 is 6.18 Å². The average Bonchev–Trinajstić information content (AvgIpc) is 2.97. The number of benzene rings is 1. The third kappa shape index (κ3) is 3.96. The average molecular weight is 387 g/mol. The number of thioether (sulfide) groups is 1. The molecule has 2 heterocycles. The number of anilines is 1. The van der Waals surface area contributed by atoms with Gasteiger partial charge in [-0.1, -0.05) is 35.2 Å². The first kappa shape index (κ1) is 17.4. The van der Waals surface area contributed by atoms with Crippen molar-refractivity contribution in [2.45, 2.75) is 10.5 Å². The van der Waals surface area contributed by atoms with Gasteiger partial charge in [0.2, 0.25) is 10.9 Å². The maximum absolute atomic E-state index is 12.9. The van der Waals surface area contributed by atoms with E-state index in [1.807, 2.05) is 0 Å². The van der Waals surface area contributed by atoms with E-state index in [-0.39, 0.29) is 16.4 Å². The first-order chi connectivity index (χ1) is 11.8. The lowest BCUT2D eigenvalue weighted by atomic mass is 10.1. The molecule has 3 rings (SSSR count). The van der Waals surface area contributed by atoms with Crippen LogP contribution in [0.5, 0.6) is 0 Å². The molecule has 0 unspecified atom stereocenters. The zero-order valence-electron chi connectivity index (χ0n) is 12.1. The summed E-state index contributed by atoms with van der Waals surface area (Å²) in [4.78, 5) is 23.7. The number of hydrogen-bond donors (Lipinski definition) is 1. The summed E-state index contributed by atoms with van der Waals surface area (Å²) in [6.45, 7) is 0. The summed E-state index contributed by atoms with van der Waals surface area (Å²) >= 11 is 2.03. The second-order valence-electron chi connectivity index (χ2n) is 4.63. The van der Waals surface area contributed by atoms with E-state index >= 15 is 0 Å². The van der Waals surface area contributed by atoms with E-state index in [2.05, 4.69) is 20.6 Å². The van der Waals surface area contributed by atoms with Crippen molar-refractivity contribution < 1.29 is 18.0 Å².